The summed E-state index contributed by atoms with van der Waals surface area (Å²) in [4.78, 5) is 11.2. The minimum absolute atomic E-state index is 0.361. The van der Waals surface area contributed by atoms with Gasteiger partial charge in [0.1, 0.15) is 0 Å². The highest BCUT2D eigenvalue weighted by molar-refractivity contribution is 5.40. The van der Waals surface area contributed by atoms with Crippen molar-refractivity contribution in [2.45, 2.75) is 44.8 Å². The third-order valence-corrected chi connectivity index (χ3v) is 3.92. The second kappa shape index (κ2) is 5.74. The molecule has 1 aromatic heterocycles. The van der Waals surface area contributed by atoms with Gasteiger partial charge in [-0.25, -0.2) is 0 Å². The molecule has 2 fully saturated rings. The van der Waals surface area contributed by atoms with Gasteiger partial charge < -0.3 is 14.4 Å². The molecule has 0 amide bonds. The summed E-state index contributed by atoms with van der Waals surface area (Å²) in [6, 6.07) is 0.452. The van der Waals surface area contributed by atoms with Crippen molar-refractivity contribution >= 4 is 5.82 Å². The molecule has 3 rings (SSSR count). The Kier molecular flexibility index (Phi) is 3.82. The summed E-state index contributed by atoms with van der Waals surface area (Å²) in [6.45, 7) is 4.25. The van der Waals surface area contributed by atoms with Crippen molar-refractivity contribution in [3.63, 3.8) is 0 Å². The van der Waals surface area contributed by atoms with E-state index in [9.17, 15) is 0 Å². The first-order valence-corrected chi connectivity index (χ1v) is 7.21. The second-order valence-electron chi connectivity index (χ2n) is 5.10. The van der Waals surface area contributed by atoms with E-state index in [2.05, 4.69) is 14.9 Å². The van der Waals surface area contributed by atoms with Crippen LogP contribution < -0.4 is 9.64 Å². The quantitative estimate of drug-likeness (QED) is 0.835. The molecule has 5 nitrogen and oxygen atoms in total. The van der Waals surface area contributed by atoms with E-state index in [0.717, 1.165) is 19.0 Å². The van der Waals surface area contributed by atoms with Crippen LogP contribution in [0.1, 0.15) is 32.6 Å². The van der Waals surface area contributed by atoms with Crippen molar-refractivity contribution in [2.24, 2.45) is 0 Å². The SMILES string of the molecule is CCOc1cncc(N2CCOC3CCCCC32)n1. The minimum atomic E-state index is 0.361. The fourth-order valence-electron chi connectivity index (χ4n) is 3.08. The van der Waals surface area contributed by atoms with Crippen LogP contribution in [0.2, 0.25) is 0 Å². The molecule has 2 aliphatic rings. The number of anilines is 1. The molecule has 2 atom stereocenters. The molecule has 0 N–H and O–H groups in total. The molecule has 1 aliphatic heterocycles. The molecule has 2 unspecified atom stereocenters. The lowest BCUT2D eigenvalue weighted by Gasteiger charge is -2.44. The van der Waals surface area contributed by atoms with Gasteiger partial charge in [0.2, 0.25) is 5.88 Å². The zero-order chi connectivity index (χ0) is 13.1. The van der Waals surface area contributed by atoms with E-state index in [-0.39, 0.29) is 0 Å². The fourth-order valence-corrected chi connectivity index (χ4v) is 3.08. The Morgan fingerprint density at radius 3 is 3.16 bits per heavy atom. The van der Waals surface area contributed by atoms with Crippen molar-refractivity contribution in [1.82, 2.24) is 9.97 Å². The zero-order valence-corrected chi connectivity index (χ0v) is 11.4. The zero-order valence-electron chi connectivity index (χ0n) is 11.4. The number of morpholine rings is 1. The largest absolute Gasteiger partial charge is 0.477 e. The maximum atomic E-state index is 5.89. The number of aromatic nitrogens is 2. The first-order chi connectivity index (χ1) is 9.38. The molecular formula is C14H21N3O2. The maximum Gasteiger partial charge on any atom is 0.234 e. The standard InChI is InChI=1S/C14H21N3O2/c1-2-18-14-10-15-9-13(16-14)17-7-8-19-12-6-4-3-5-11(12)17/h9-12H,2-8H2,1H3. The van der Waals surface area contributed by atoms with E-state index in [0.29, 0.717) is 24.6 Å². The van der Waals surface area contributed by atoms with Crippen LogP contribution in [0.5, 0.6) is 5.88 Å². The van der Waals surface area contributed by atoms with Gasteiger partial charge in [-0.2, -0.15) is 4.98 Å². The van der Waals surface area contributed by atoms with Gasteiger partial charge in [-0.1, -0.05) is 12.8 Å². The summed E-state index contributed by atoms with van der Waals surface area (Å²) in [6.07, 6.45) is 8.77. The van der Waals surface area contributed by atoms with E-state index in [1.807, 2.05) is 13.1 Å². The lowest BCUT2D eigenvalue weighted by Crippen LogP contribution is -2.53. The van der Waals surface area contributed by atoms with Crippen LogP contribution in [0.4, 0.5) is 5.82 Å². The molecule has 0 radical (unpaired) electrons. The summed E-state index contributed by atoms with van der Waals surface area (Å²) < 4.78 is 11.3. The van der Waals surface area contributed by atoms with Gasteiger partial charge in [0.15, 0.2) is 5.82 Å². The van der Waals surface area contributed by atoms with E-state index in [1.165, 1.54) is 25.7 Å². The Labute approximate surface area is 113 Å². The van der Waals surface area contributed by atoms with Crippen molar-refractivity contribution in [1.29, 1.82) is 0 Å². The lowest BCUT2D eigenvalue weighted by molar-refractivity contribution is -0.00905. The first-order valence-electron chi connectivity index (χ1n) is 7.21. The smallest absolute Gasteiger partial charge is 0.234 e. The topological polar surface area (TPSA) is 47.5 Å². The minimum Gasteiger partial charge on any atom is -0.477 e. The van der Waals surface area contributed by atoms with Gasteiger partial charge >= 0.3 is 0 Å². The number of hydrogen-bond donors (Lipinski definition) is 0. The van der Waals surface area contributed by atoms with E-state index in [4.69, 9.17) is 9.47 Å². The summed E-state index contributed by atoms with van der Waals surface area (Å²) in [5, 5.41) is 0. The van der Waals surface area contributed by atoms with Gasteiger partial charge in [-0.05, 0) is 19.8 Å². The summed E-state index contributed by atoms with van der Waals surface area (Å²) in [5.41, 5.74) is 0. The molecule has 0 bridgehead atoms. The Morgan fingerprint density at radius 1 is 1.37 bits per heavy atom. The molecule has 104 valence electrons. The highest BCUT2D eigenvalue weighted by atomic mass is 16.5. The number of nitrogens with zero attached hydrogens (tertiary/aromatic N) is 3. The third-order valence-electron chi connectivity index (χ3n) is 3.92. The van der Waals surface area contributed by atoms with Crippen molar-refractivity contribution in [3.8, 4) is 5.88 Å². The third kappa shape index (κ3) is 2.66. The second-order valence-corrected chi connectivity index (χ2v) is 5.10. The average molecular weight is 263 g/mol. The monoisotopic (exact) mass is 263 g/mol. The molecule has 1 aliphatic carbocycles. The number of hydrogen-bond acceptors (Lipinski definition) is 5. The molecule has 0 aromatic carbocycles. The highest BCUT2D eigenvalue weighted by Gasteiger charge is 2.35. The van der Waals surface area contributed by atoms with Crippen molar-refractivity contribution in [2.75, 3.05) is 24.7 Å². The normalized spacial score (nSPS) is 26.9. The van der Waals surface area contributed by atoms with Crippen molar-refractivity contribution in [3.05, 3.63) is 12.4 Å². The van der Waals surface area contributed by atoms with Gasteiger partial charge in [0.25, 0.3) is 0 Å². The molecule has 5 heteroatoms. The van der Waals surface area contributed by atoms with Crippen LogP contribution in [0, 0.1) is 0 Å². The van der Waals surface area contributed by atoms with Crippen LogP contribution in [-0.4, -0.2) is 41.9 Å². The average Bonchev–Trinajstić information content (AvgIpc) is 2.47. The molecule has 0 spiro atoms. The predicted octanol–water partition coefficient (Wildman–Crippen LogP) is 2.02. The van der Waals surface area contributed by atoms with E-state index >= 15 is 0 Å². The van der Waals surface area contributed by atoms with Crippen LogP contribution in [0.25, 0.3) is 0 Å². The summed E-state index contributed by atoms with van der Waals surface area (Å²) in [7, 11) is 0. The maximum absolute atomic E-state index is 5.89. The van der Waals surface area contributed by atoms with E-state index in [1.54, 1.807) is 6.20 Å². The first kappa shape index (κ1) is 12.7. The van der Waals surface area contributed by atoms with Gasteiger partial charge in [0.05, 0.1) is 37.8 Å². The van der Waals surface area contributed by atoms with Crippen molar-refractivity contribution < 1.29 is 9.47 Å². The molecule has 19 heavy (non-hydrogen) atoms. The van der Waals surface area contributed by atoms with Gasteiger partial charge in [0, 0.05) is 6.54 Å². The predicted molar refractivity (Wildman–Crippen MR) is 72.5 cm³/mol. The summed E-state index contributed by atoms with van der Waals surface area (Å²) in [5.74, 6) is 1.53. The molecule has 1 aromatic rings. The number of fused-ring (bicyclic) bond motifs is 1. The Morgan fingerprint density at radius 2 is 2.26 bits per heavy atom. The molecule has 1 saturated carbocycles. The Bertz CT molecular complexity index is 425. The summed E-state index contributed by atoms with van der Waals surface area (Å²) >= 11 is 0. The van der Waals surface area contributed by atoms with Crippen LogP contribution in [-0.2, 0) is 4.74 Å². The van der Waals surface area contributed by atoms with Crippen LogP contribution >= 0.6 is 0 Å². The molecule has 2 heterocycles. The van der Waals surface area contributed by atoms with Gasteiger partial charge in [-0.15, -0.1) is 0 Å². The Hall–Kier alpha value is -1.36. The van der Waals surface area contributed by atoms with Crippen LogP contribution in [0.3, 0.4) is 0 Å². The number of rotatable bonds is 3. The fraction of sp³-hybridized carbons (Fsp3) is 0.714. The number of ether oxygens (including phenoxy) is 2. The van der Waals surface area contributed by atoms with Crippen LogP contribution in [0.15, 0.2) is 12.4 Å². The lowest BCUT2D eigenvalue weighted by atomic mass is 9.90. The molecule has 1 saturated heterocycles. The highest BCUT2D eigenvalue weighted by Crippen LogP contribution is 2.31. The van der Waals surface area contributed by atoms with Gasteiger partial charge in [-0.3, -0.25) is 4.98 Å². The molecular weight excluding hydrogens is 242 g/mol. The van der Waals surface area contributed by atoms with E-state index < -0.39 is 0 Å². The Balaban J connectivity index is 1.81.